The molecule has 2 aromatic heterocycles. The molecule has 3 saturated carbocycles. The van der Waals surface area contributed by atoms with Crippen LogP contribution in [0.5, 0.6) is 0 Å². The summed E-state index contributed by atoms with van der Waals surface area (Å²) in [7, 11) is 2.20. The molecule has 2 unspecified atom stereocenters. The lowest BCUT2D eigenvalue weighted by Gasteiger charge is -2.37. The first-order valence-corrected chi connectivity index (χ1v) is 11.5. The van der Waals surface area contributed by atoms with Crippen LogP contribution in [0.15, 0.2) is 18.5 Å². The van der Waals surface area contributed by atoms with Crippen LogP contribution in [0.1, 0.15) is 55.5 Å². The van der Waals surface area contributed by atoms with Crippen molar-refractivity contribution in [3.05, 3.63) is 29.8 Å². The summed E-state index contributed by atoms with van der Waals surface area (Å²) in [6, 6.07) is 2.70. The van der Waals surface area contributed by atoms with E-state index in [2.05, 4.69) is 32.6 Å². The molecule has 2 aromatic rings. The molecule has 6 rings (SSSR count). The fourth-order valence-corrected chi connectivity index (χ4v) is 5.91. The molecule has 0 amide bonds. The van der Waals surface area contributed by atoms with Crippen LogP contribution >= 0.6 is 0 Å². The van der Waals surface area contributed by atoms with Crippen molar-refractivity contribution in [1.29, 1.82) is 0 Å². The SMILES string of the molecule is CN1CCN(C2C[C@@H]3C(n4cc(-c5cnc(N)c(C(F)F)c5)nc4C4CC4)[C@@H]3C2)CC1. The highest BCUT2D eigenvalue weighted by molar-refractivity contribution is 5.62. The summed E-state index contributed by atoms with van der Waals surface area (Å²) >= 11 is 0. The fraction of sp³-hybridized carbons (Fsp3) is 0.652. The molecule has 8 heteroatoms. The van der Waals surface area contributed by atoms with Gasteiger partial charge in [0.15, 0.2) is 0 Å². The number of hydrogen-bond donors (Lipinski definition) is 1. The molecule has 6 nitrogen and oxygen atoms in total. The minimum atomic E-state index is -2.63. The first-order valence-electron chi connectivity index (χ1n) is 11.5. The molecule has 3 heterocycles. The number of rotatable bonds is 5. The van der Waals surface area contributed by atoms with Crippen LogP contribution in [-0.4, -0.2) is 63.6 Å². The maximum atomic E-state index is 13.3. The third-order valence-electron chi connectivity index (χ3n) is 7.93. The van der Waals surface area contributed by atoms with E-state index in [1.165, 1.54) is 57.9 Å². The molecule has 166 valence electrons. The molecule has 4 fully saturated rings. The molecule has 0 aromatic carbocycles. The van der Waals surface area contributed by atoms with Crippen molar-refractivity contribution in [2.24, 2.45) is 11.8 Å². The maximum absolute atomic E-state index is 13.3. The Balaban J connectivity index is 1.22. The number of pyridine rings is 1. The number of anilines is 1. The molecule has 4 atom stereocenters. The summed E-state index contributed by atoms with van der Waals surface area (Å²) in [5.74, 6) is 3.00. The molecule has 3 aliphatic carbocycles. The normalized spacial score (nSPS) is 31.4. The molecule has 0 bridgehead atoms. The van der Waals surface area contributed by atoms with Crippen LogP contribution in [0.25, 0.3) is 11.3 Å². The van der Waals surface area contributed by atoms with E-state index in [1.54, 1.807) is 6.20 Å². The molecular weight excluding hydrogens is 398 g/mol. The van der Waals surface area contributed by atoms with E-state index in [0.29, 0.717) is 17.5 Å². The number of nitrogen functional groups attached to an aromatic ring is 1. The number of hydrogen-bond acceptors (Lipinski definition) is 5. The first kappa shape index (κ1) is 19.6. The van der Waals surface area contributed by atoms with Crippen molar-refractivity contribution in [2.45, 2.75) is 50.1 Å². The fourth-order valence-electron chi connectivity index (χ4n) is 5.91. The molecule has 0 radical (unpaired) electrons. The number of aromatic nitrogens is 3. The van der Waals surface area contributed by atoms with Gasteiger partial charge in [-0.2, -0.15) is 0 Å². The van der Waals surface area contributed by atoms with E-state index in [9.17, 15) is 8.78 Å². The highest BCUT2D eigenvalue weighted by atomic mass is 19.3. The van der Waals surface area contributed by atoms with Gasteiger partial charge in [0.1, 0.15) is 11.6 Å². The molecule has 4 aliphatic rings. The Bertz CT molecular complexity index is 966. The molecule has 0 spiro atoms. The summed E-state index contributed by atoms with van der Waals surface area (Å²) < 4.78 is 29.0. The lowest BCUT2D eigenvalue weighted by molar-refractivity contribution is 0.105. The third kappa shape index (κ3) is 3.44. The molecule has 1 aliphatic heterocycles. The minimum Gasteiger partial charge on any atom is -0.383 e. The highest BCUT2D eigenvalue weighted by Crippen LogP contribution is 2.62. The second-order valence-electron chi connectivity index (χ2n) is 9.95. The number of alkyl halides is 2. The van der Waals surface area contributed by atoms with Crippen LogP contribution in [0.3, 0.4) is 0 Å². The van der Waals surface area contributed by atoms with Crippen molar-refractivity contribution in [3.8, 4) is 11.3 Å². The second-order valence-corrected chi connectivity index (χ2v) is 9.95. The van der Waals surface area contributed by atoms with Gasteiger partial charge < -0.3 is 15.2 Å². The Kier molecular flexibility index (Phi) is 4.58. The maximum Gasteiger partial charge on any atom is 0.267 e. The van der Waals surface area contributed by atoms with Crippen molar-refractivity contribution in [2.75, 3.05) is 39.0 Å². The second kappa shape index (κ2) is 7.24. The number of piperazine rings is 1. The Morgan fingerprint density at radius 1 is 1.10 bits per heavy atom. The zero-order chi connectivity index (χ0) is 21.3. The standard InChI is InChI=1S/C23H30F2N6/c1-29-4-6-30(7-5-29)15-9-16-17(10-15)20(16)31-12-19(28-23(31)13-2-3-13)14-8-18(21(24)25)22(26)27-11-14/h8,11-13,15-17,20-21H,2-7,9-10H2,1H3,(H2,26,27)/t15?,16-,17+,20?. The first-order chi connectivity index (χ1) is 15.0. The summed E-state index contributed by atoms with van der Waals surface area (Å²) in [5.41, 5.74) is 6.81. The van der Waals surface area contributed by atoms with Crippen molar-refractivity contribution >= 4 is 5.82 Å². The van der Waals surface area contributed by atoms with Gasteiger partial charge in [0, 0.05) is 62.1 Å². The van der Waals surface area contributed by atoms with Crippen molar-refractivity contribution in [3.63, 3.8) is 0 Å². The van der Waals surface area contributed by atoms with Gasteiger partial charge in [-0.05, 0) is 50.6 Å². The van der Waals surface area contributed by atoms with E-state index in [4.69, 9.17) is 10.7 Å². The van der Waals surface area contributed by atoms with Gasteiger partial charge in [0.05, 0.1) is 11.3 Å². The summed E-state index contributed by atoms with van der Waals surface area (Å²) in [4.78, 5) is 14.0. The summed E-state index contributed by atoms with van der Waals surface area (Å²) in [5, 5.41) is 0. The minimum absolute atomic E-state index is 0.104. The van der Waals surface area contributed by atoms with Gasteiger partial charge in [-0.15, -0.1) is 0 Å². The zero-order valence-corrected chi connectivity index (χ0v) is 17.9. The smallest absolute Gasteiger partial charge is 0.267 e. The van der Waals surface area contributed by atoms with E-state index < -0.39 is 6.43 Å². The highest BCUT2D eigenvalue weighted by Gasteiger charge is 2.58. The Morgan fingerprint density at radius 3 is 2.45 bits per heavy atom. The van der Waals surface area contributed by atoms with E-state index in [1.807, 2.05) is 0 Å². The van der Waals surface area contributed by atoms with Gasteiger partial charge in [-0.1, -0.05) is 0 Å². The van der Waals surface area contributed by atoms with Crippen molar-refractivity contribution < 1.29 is 8.78 Å². The van der Waals surface area contributed by atoms with Crippen LogP contribution < -0.4 is 5.73 Å². The predicted molar refractivity (Wildman–Crippen MR) is 115 cm³/mol. The Morgan fingerprint density at radius 2 is 1.81 bits per heavy atom. The topological polar surface area (TPSA) is 63.2 Å². The number of fused-ring (bicyclic) bond motifs is 1. The van der Waals surface area contributed by atoms with E-state index >= 15 is 0 Å². The predicted octanol–water partition coefficient (Wildman–Crippen LogP) is 3.54. The van der Waals surface area contributed by atoms with Crippen LogP contribution in [0, 0.1) is 11.8 Å². The van der Waals surface area contributed by atoms with Crippen molar-refractivity contribution in [1.82, 2.24) is 24.3 Å². The number of nitrogens with zero attached hydrogens (tertiary/aromatic N) is 5. The quantitative estimate of drug-likeness (QED) is 0.789. The Labute approximate surface area is 181 Å². The summed E-state index contributed by atoms with van der Waals surface area (Å²) in [6.45, 7) is 4.71. The number of imidazole rings is 1. The average molecular weight is 429 g/mol. The largest absolute Gasteiger partial charge is 0.383 e. The number of nitrogens with two attached hydrogens (primary N) is 1. The molecule has 31 heavy (non-hydrogen) atoms. The summed E-state index contributed by atoms with van der Waals surface area (Å²) in [6.07, 6.45) is 5.92. The van der Waals surface area contributed by atoms with Gasteiger partial charge in [-0.3, -0.25) is 4.90 Å². The molecule has 2 N–H and O–H groups in total. The molecule has 1 saturated heterocycles. The zero-order valence-electron chi connectivity index (χ0n) is 17.9. The number of halogens is 2. The average Bonchev–Trinajstić information content (AvgIpc) is 3.63. The van der Waals surface area contributed by atoms with Crippen LogP contribution in [0.2, 0.25) is 0 Å². The lowest BCUT2D eigenvalue weighted by Crippen LogP contribution is -2.48. The van der Waals surface area contributed by atoms with Gasteiger partial charge in [-0.25, -0.2) is 18.7 Å². The third-order valence-corrected chi connectivity index (χ3v) is 7.93. The van der Waals surface area contributed by atoms with Gasteiger partial charge in [0.2, 0.25) is 0 Å². The Hall–Kier alpha value is -2.06. The van der Waals surface area contributed by atoms with Gasteiger partial charge in [0.25, 0.3) is 6.43 Å². The van der Waals surface area contributed by atoms with E-state index in [-0.39, 0.29) is 11.4 Å². The van der Waals surface area contributed by atoms with Crippen LogP contribution in [0.4, 0.5) is 14.6 Å². The van der Waals surface area contributed by atoms with Gasteiger partial charge >= 0.3 is 0 Å². The number of likely N-dealkylation sites (N-methyl/N-ethyl adjacent to an activating group) is 1. The van der Waals surface area contributed by atoms with E-state index in [0.717, 1.165) is 29.4 Å². The monoisotopic (exact) mass is 428 g/mol. The van der Waals surface area contributed by atoms with Crippen LogP contribution in [-0.2, 0) is 0 Å². The molecular formula is C23H30F2N6. The lowest BCUT2D eigenvalue weighted by atomic mass is 10.1.